The molecule has 1 aliphatic heterocycles. The van der Waals surface area contributed by atoms with Gasteiger partial charge in [-0.2, -0.15) is 0 Å². The van der Waals surface area contributed by atoms with Crippen molar-refractivity contribution in [2.24, 2.45) is 0 Å². The molecule has 1 amide bonds. The van der Waals surface area contributed by atoms with Gasteiger partial charge in [0.05, 0.1) is 17.4 Å². The topological polar surface area (TPSA) is 81.7 Å². The fraction of sp³-hybridized carbons (Fsp3) is 0.438. The molecule has 0 aromatic heterocycles. The van der Waals surface area contributed by atoms with Crippen LogP contribution in [0.5, 0.6) is 0 Å². The minimum atomic E-state index is -0.633. The molecular formula is C16H19NO5S. The monoisotopic (exact) mass is 337 g/mol. The van der Waals surface area contributed by atoms with Crippen molar-refractivity contribution in [1.82, 2.24) is 0 Å². The number of thioether (sulfide) groups is 1. The third-order valence-corrected chi connectivity index (χ3v) is 4.10. The Kier molecular flexibility index (Phi) is 5.30. The zero-order valence-corrected chi connectivity index (χ0v) is 14.1. The molecule has 124 valence electrons. The van der Waals surface area contributed by atoms with Crippen LogP contribution in [0.25, 0.3) is 0 Å². The number of hydrogen-bond acceptors (Lipinski definition) is 6. The van der Waals surface area contributed by atoms with E-state index in [1.54, 1.807) is 26.8 Å². The van der Waals surface area contributed by atoms with Crippen molar-refractivity contribution < 1.29 is 23.9 Å². The summed E-state index contributed by atoms with van der Waals surface area (Å²) >= 11 is 1.31. The number of para-hydroxylation sites is 1. The molecule has 23 heavy (non-hydrogen) atoms. The molecule has 1 aliphatic rings. The highest BCUT2D eigenvalue weighted by atomic mass is 32.2. The number of carbonyl (C=O) groups is 3. The minimum Gasteiger partial charge on any atom is -0.457 e. The van der Waals surface area contributed by atoms with Crippen LogP contribution in [0, 0.1) is 0 Å². The van der Waals surface area contributed by atoms with Crippen LogP contribution in [0.1, 0.15) is 27.2 Å². The number of fused-ring (bicyclic) bond motifs is 1. The number of benzene rings is 1. The van der Waals surface area contributed by atoms with E-state index in [0.29, 0.717) is 0 Å². The van der Waals surface area contributed by atoms with Crippen molar-refractivity contribution >= 4 is 35.3 Å². The molecule has 1 atom stereocenters. The van der Waals surface area contributed by atoms with Gasteiger partial charge in [-0.25, -0.2) is 4.79 Å². The smallest absolute Gasteiger partial charge is 0.344 e. The van der Waals surface area contributed by atoms with Crippen LogP contribution < -0.4 is 5.32 Å². The largest absolute Gasteiger partial charge is 0.457 e. The molecule has 7 heteroatoms. The van der Waals surface area contributed by atoms with Crippen LogP contribution in [0.15, 0.2) is 29.2 Å². The lowest BCUT2D eigenvalue weighted by Crippen LogP contribution is -2.32. The molecule has 0 saturated heterocycles. The van der Waals surface area contributed by atoms with Gasteiger partial charge >= 0.3 is 11.9 Å². The maximum absolute atomic E-state index is 12.0. The SMILES string of the molecule is CC(C)(C)OC(=O)COC(=O)C[C@@H]1Sc2ccccc2NC1=O. The lowest BCUT2D eigenvalue weighted by atomic mass is 10.2. The van der Waals surface area contributed by atoms with Gasteiger partial charge in [-0.15, -0.1) is 11.8 Å². The van der Waals surface area contributed by atoms with Crippen molar-refractivity contribution in [2.75, 3.05) is 11.9 Å². The predicted octanol–water partition coefficient (Wildman–Crippen LogP) is 2.37. The number of hydrogen-bond donors (Lipinski definition) is 1. The summed E-state index contributed by atoms with van der Waals surface area (Å²) in [5.74, 6) is -1.47. The van der Waals surface area contributed by atoms with Crippen LogP contribution in [-0.2, 0) is 23.9 Å². The highest BCUT2D eigenvalue weighted by Gasteiger charge is 2.29. The molecule has 0 saturated carbocycles. The highest BCUT2D eigenvalue weighted by molar-refractivity contribution is 8.01. The van der Waals surface area contributed by atoms with E-state index in [0.717, 1.165) is 10.6 Å². The highest BCUT2D eigenvalue weighted by Crippen LogP contribution is 2.36. The van der Waals surface area contributed by atoms with Crippen molar-refractivity contribution in [3.05, 3.63) is 24.3 Å². The van der Waals surface area contributed by atoms with E-state index < -0.39 is 29.4 Å². The molecule has 1 aromatic carbocycles. The number of anilines is 1. The molecule has 0 radical (unpaired) electrons. The molecule has 0 bridgehead atoms. The Balaban J connectivity index is 1.84. The first kappa shape index (κ1) is 17.3. The van der Waals surface area contributed by atoms with E-state index in [1.165, 1.54) is 11.8 Å². The maximum Gasteiger partial charge on any atom is 0.344 e. The zero-order valence-electron chi connectivity index (χ0n) is 13.3. The van der Waals surface area contributed by atoms with E-state index in [2.05, 4.69) is 5.32 Å². The summed E-state index contributed by atoms with van der Waals surface area (Å²) in [6.45, 7) is 4.74. The summed E-state index contributed by atoms with van der Waals surface area (Å²) in [4.78, 5) is 36.2. The van der Waals surface area contributed by atoms with Gasteiger partial charge in [0, 0.05) is 4.90 Å². The van der Waals surface area contributed by atoms with Crippen LogP contribution in [-0.4, -0.2) is 35.3 Å². The molecular weight excluding hydrogens is 318 g/mol. The second-order valence-electron chi connectivity index (χ2n) is 6.04. The summed E-state index contributed by atoms with van der Waals surface area (Å²) in [7, 11) is 0. The van der Waals surface area contributed by atoms with Gasteiger partial charge in [0.2, 0.25) is 5.91 Å². The molecule has 0 aliphatic carbocycles. The molecule has 6 nitrogen and oxygen atoms in total. The molecule has 2 rings (SSSR count). The number of carbonyl (C=O) groups excluding carboxylic acids is 3. The van der Waals surface area contributed by atoms with Crippen LogP contribution in [0.2, 0.25) is 0 Å². The molecule has 0 unspecified atom stereocenters. The Morgan fingerprint density at radius 1 is 1.22 bits per heavy atom. The summed E-state index contributed by atoms with van der Waals surface area (Å²) in [6, 6.07) is 7.37. The Morgan fingerprint density at radius 3 is 2.61 bits per heavy atom. The second-order valence-corrected chi connectivity index (χ2v) is 7.29. The number of esters is 2. The third kappa shape index (κ3) is 5.28. The first-order chi connectivity index (χ1) is 10.7. The van der Waals surface area contributed by atoms with Crippen molar-refractivity contribution in [3.63, 3.8) is 0 Å². The van der Waals surface area contributed by atoms with Gasteiger partial charge in [-0.1, -0.05) is 12.1 Å². The van der Waals surface area contributed by atoms with Gasteiger partial charge in [0.25, 0.3) is 0 Å². The molecule has 1 N–H and O–H groups in total. The first-order valence-electron chi connectivity index (χ1n) is 7.18. The van der Waals surface area contributed by atoms with Gasteiger partial charge in [0.15, 0.2) is 6.61 Å². The molecule has 0 fully saturated rings. The number of amides is 1. The summed E-state index contributed by atoms with van der Waals surface area (Å²) < 4.78 is 9.93. The fourth-order valence-corrected chi connectivity index (χ4v) is 3.04. The summed E-state index contributed by atoms with van der Waals surface area (Å²) in [6.07, 6.45) is -0.104. The lowest BCUT2D eigenvalue weighted by molar-refractivity contribution is -0.166. The number of nitrogens with one attached hydrogen (secondary N) is 1. The average molecular weight is 337 g/mol. The van der Waals surface area contributed by atoms with Crippen LogP contribution in [0.4, 0.5) is 5.69 Å². The van der Waals surface area contributed by atoms with Crippen molar-refractivity contribution in [3.8, 4) is 0 Å². The minimum absolute atomic E-state index is 0.104. The quantitative estimate of drug-likeness (QED) is 0.850. The molecule has 0 spiro atoms. The van der Waals surface area contributed by atoms with Gasteiger partial charge < -0.3 is 14.8 Å². The third-order valence-electron chi connectivity index (χ3n) is 2.83. The van der Waals surface area contributed by atoms with Crippen LogP contribution >= 0.6 is 11.8 Å². The summed E-state index contributed by atoms with van der Waals surface area (Å²) in [5.41, 5.74) is 0.104. The van der Waals surface area contributed by atoms with E-state index in [-0.39, 0.29) is 12.3 Å². The summed E-state index contributed by atoms with van der Waals surface area (Å²) in [5, 5.41) is 2.18. The van der Waals surface area contributed by atoms with E-state index >= 15 is 0 Å². The van der Waals surface area contributed by atoms with Gasteiger partial charge in [0.1, 0.15) is 5.60 Å². The fourth-order valence-electron chi connectivity index (χ4n) is 1.95. The average Bonchev–Trinajstić information content (AvgIpc) is 2.44. The van der Waals surface area contributed by atoms with Gasteiger partial charge in [-0.3, -0.25) is 9.59 Å². The number of rotatable bonds is 4. The van der Waals surface area contributed by atoms with Crippen molar-refractivity contribution in [2.45, 2.75) is 42.9 Å². The Hall–Kier alpha value is -2.02. The molecule has 1 heterocycles. The first-order valence-corrected chi connectivity index (χ1v) is 8.06. The van der Waals surface area contributed by atoms with Gasteiger partial charge in [-0.05, 0) is 32.9 Å². The second kappa shape index (κ2) is 7.04. The predicted molar refractivity (Wildman–Crippen MR) is 86.1 cm³/mol. The lowest BCUT2D eigenvalue weighted by Gasteiger charge is -2.23. The standard InChI is InChI=1S/C16H19NO5S/c1-16(2,3)22-14(19)9-21-13(18)8-12-15(20)17-10-6-4-5-7-11(10)23-12/h4-7,12H,8-9H2,1-3H3,(H,17,20)/t12-/m0/s1. The normalized spacial score (nSPS) is 17.0. The number of ether oxygens (including phenoxy) is 2. The Labute approximate surface area is 138 Å². The van der Waals surface area contributed by atoms with E-state index in [4.69, 9.17) is 9.47 Å². The van der Waals surface area contributed by atoms with E-state index in [1.807, 2.05) is 18.2 Å². The van der Waals surface area contributed by atoms with E-state index in [9.17, 15) is 14.4 Å². The van der Waals surface area contributed by atoms with Crippen molar-refractivity contribution in [1.29, 1.82) is 0 Å². The zero-order chi connectivity index (χ0) is 17.0. The Morgan fingerprint density at radius 2 is 1.91 bits per heavy atom. The Bertz CT molecular complexity index is 623. The molecule has 1 aromatic rings. The maximum atomic E-state index is 12.0. The van der Waals surface area contributed by atoms with Crippen LogP contribution in [0.3, 0.4) is 0 Å².